The van der Waals surface area contributed by atoms with Gasteiger partial charge in [0.2, 0.25) is 0 Å². The Labute approximate surface area is 413 Å². The summed E-state index contributed by atoms with van der Waals surface area (Å²) in [5.41, 5.74) is 0.0222. The van der Waals surface area contributed by atoms with Crippen molar-refractivity contribution in [2.75, 3.05) is 0 Å². The van der Waals surface area contributed by atoms with Crippen LogP contribution < -0.4 is 0 Å². The van der Waals surface area contributed by atoms with Gasteiger partial charge >= 0.3 is 10.4 Å². The van der Waals surface area contributed by atoms with Crippen molar-refractivity contribution in [3.63, 3.8) is 0 Å². The van der Waals surface area contributed by atoms with Gasteiger partial charge in [-0.2, -0.15) is 29.1 Å². The van der Waals surface area contributed by atoms with E-state index in [9.17, 15) is 27.8 Å². The van der Waals surface area contributed by atoms with Gasteiger partial charge in [0.05, 0.1) is 57.8 Å². The van der Waals surface area contributed by atoms with Crippen molar-refractivity contribution < 1.29 is 45.3 Å². The molecule has 0 amide bonds. The summed E-state index contributed by atoms with van der Waals surface area (Å²) >= 11 is 2.63. The number of aromatic nitrogens is 8. The number of hydrogen-bond donors (Lipinski definition) is 4. The highest BCUT2D eigenvalue weighted by Crippen LogP contribution is 2.43. The van der Waals surface area contributed by atoms with Gasteiger partial charge < -0.3 is 10.2 Å². The summed E-state index contributed by atoms with van der Waals surface area (Å²) in [7, 11) is -4.67. The first-order chi connectivity index (χ1) is 33.7. The van der Waals surface area contributed by atoms with Crippen LogP contribution in [0.25, 0.3) is 22.5 Å². The number of aryl methyl sites for hydroxylation is 2. The van der Waals surface area contributed by atoms with Crippen LogP contribution in [0.3, 0.4) is 0 Å². The molecule has 4 heterocycles. The lowest BCUT2D eigenvalue weighted by molar-refractivity contribution is -0.0118. The normalized spacial score (nSPS) is 13.8. The summed E-state index contributed by atoms with van der Waals surface area (Å²) in [6.45, 7) is 7.00. The van der Waals surface area contributed by atoms with Crippen LogP contribution in [-0.2, 0) is 47.5 Å². The number of rotatable bonds is 14. The summed E-state index contributed by atoms with van der Waals surface area (Å²) in [6.07, 6.45) is 4.15. The number of hydrogen-bond acceptors (Lipinski definition) is 14. The van der Waals surface area contributed by atoms with Gasteiger partial charge in [0.1, 0.15) is 58.8 Å². The second kappa shape index (κ2) is 22.8. The third kappa shape index (κ3) is 13.2. The van der Waals surface area contributed by atoms with Crippen LogP contribution in [0.1, 0.15) is 83.4 Å². The number of nitrogens with zero attached hydrogens (tertiary/aromatic N) is 10. The van der Waals surface area contributed by atoms with E-state index in [1.54, 1.807) is 62.4 Å². The molecule has 0 saturated carbocycles. The van der Waals surface area contributed by atoms with Crippen molar-refractivity contribution in [3.05, 3.63) is 176 Å². The van der Waals surface area contributed by atoms with Gasteiger partial charge in [-0.05, 0) is 60.7 Å². The topological polar surface area (TPSA) is 250 Å². The smallest absolute Gasteiger partial charge is 0.382 e. The molecule has 0 aliphatic carbocycles. The lowest BCUT2D eigenvalue weighted by Crippen LogP contribution is -2.38. The van der Waals surface area contributed by atoms with Crippen LogP contribution in [0.2, 0.25) is 0 Å². The van der Waals surface area contributed by atoms with Gasteiger partial charge in [-0.15, -0.1) is 22.7 Å². The first kappa shape index (κ1) is 53.3. The average molecular weight is 1030 g/mol. The van der Waals surface area contributed by atoms with Crippen molar-refractivity contribution >= 4 is 33.1 Å². The maximum atomic E-state index is 14.8. The predicted octanol–water partition coefficient (Wildman–Crippen LogP) is 8.96. The molecule has 71 heavy (non-hydrogen) atoms. The third-order valence-corrected chi connectivity index (χ3v) is 13.3. The maximum absolute atomic E-state index is 14.8. The van der Waals surface area contributed by atoms with Gasteiger partial charge in [0, 0.05) is 57.7 Å². The van der Waals surface area contributed by atoms with Crippen molar-refractivity contribution in [1.82, 2.24) is 39.5 Å². The molecule has 4 N–H and O–H groups in total. The molecular weight excluding hydrogens is 985 g/mol. The van der Waals surface area contributed by atoms with Crippen LogP contribution >= 0.6 is 22.7 Å². The van der Waals surface area contributed by atoms with Gasteiger partial charge in [0.25, 0.3) is 0 Å². The molecule has 0 saturated heterocycles. The molecule has 23 heteroatoms. The third-order valence-electron chi connectivity index (χ3n) is 11.2. The molecule has 8 aromatic rings. The molecule has 0 bridgehead atoms. The first-order valence-electron chi connectivity index (χ1n) is 21.4. The van der Waals surface area contributed by atoms with Crippen LogP contribution in [0.4, 0.5) is 17.6 Å². The summed E-state index contributed by atoms with van der Waals surface area (Å²) in [5.74, 6) is -2.95. The van der Waals surface area contributed by atoms with Gasteiger partial charge in [0.15, 0.2) is 0 Å². The fourth-order valence-electron chi connectivity index (χ4n) is 7.28. The van der Waals surface area contributed by atoms with E-state index in [-0.39, 0.29) is 24.2 Å². The zero-order chi connectivity index (χ0) is 51.7. The summed E-state index contributed by atoms with van der Waals surface area (Å²) in [4.78, 5) is 17.7. The lowest BCUT2D eigenvalue weighted by atomic mass is 9.82. The molecule has 4 aromatic carbocycles. The molecule has 16 nitrogen and oxygen atoms in total. The predicted molar refractivity (Wildman–Crippen MR) is 255 cm³/mol. The Kier molecular flexibility index (Phi) is 17.1. The summed E-state index contributed by atoms with van der Waals surface area (Å²) < 4.78 is 92.3. The molecule has 0 radical (unpaired) electrons. The zero-order valence-electron chi connectivity index (χ0n) is 38.2. The monoisotopic (exact) mass is 1030 g/mol. The lowest BCUT2D eigenvalue weighted by Gasteiger charge is -2.33. The van der Waals surface area contributed by atoms with Crippen molar-refractivity contribution in [2.24, 2.45) is 0 Å². The van der Waals surface area contributed by atoms with Crippen LogP contribution in [0.15, 0.2) is 108 Å². The second-order valence-electron chi connectivity index (χ2n) is 15.9. The number of nitriles is 2. The number of benzene rings is 4. The Morgan fingerprint density at radius 1 is 0.634 bits per heavy atom. The van der Waals surface area contributed by atoms with Crippen molar-refractivity contribution in [3.8, 4) is 34.7 Å². The molecule has 368 valence electrons. The molecule has 8 rings (SSSR count). The van der Waals surface area contributed by atoms with Gasteiger partial charge in [-0.1, -0.05) is 52.0 Å². The fourth-order valence-corrected chi connectivity index (χ4v) is 9.23. The Hall–Kier alpha value is -7.09. The largest absolute Gasteiger partial charge is 0.394 e. The number of aliphatic hydroxyl groups is 2. The Balaban J connectivity index is 0.000000212. The van der Waals surface area contributed by atoms with Gasteiger partial charge in [-0.25, -0.2) is 46.9 Å². The van der Waals surface area contributed by atoms with E-state index < -0.39 is 56.7 Å². The van der Waals surface area contributed by atoms with Crippen LogP contribution in [0.5, 0.6) is 0 Å². The van der Waals surface area contributed by atoms with Crippen molar-refractivity contribution in [2.45, 2.75) is 76.7 Å². The van der Waals surface area contributed by atoms with E-state index >= 15 is 0 Å². The van der Waals surface area contributed by atoms with E-state index in [2.05, 4.69) is 42.3 Å². The van der Waals surface area contributed by atoms with E-state index in [1.165, 1.54) is 44.7 Å². The van der Waals surface area contributed by atoms with E-state index in [1.807, 2.05) is 24.6 Å². The van der Waals surface area contributed by atoms with E-state index in [0.29, 0.717) is 57.0 Å². The fraction of sp³-hybridized carbons (Fsp3) is 0.250. The minimum absolute atomic E-state index is 0.132. The highest BCUT2D eigenvalue weighted by atomic mass is 32.3. The molecule has 0 aliphatic rings. The van der Waals surface area contributed by atoms with Crippen molar-refractivity contribution in [1.29, 1.82) is 10.5 Å². The molecule has 0 fully saturated rings. The van der Waals surface area contributed by atoms with E-state index in [4.69, 9.17) is 28.0 Å². The van der Waals surface area contributed by atoms with Crippen LogP contribution in [-0.4, -0.2) is 67.2 Å². The standard InChI is InChI=1S/2C24H21F2N5OS.H2O4S/c2*1-3-22-28-14-31(30-22)13-24(32,19-10-18(25)8-9-20(19)26)15(2)23-29-21(12-33-23)17-6-4-16(11-27)5-7-17;1-5(2,3)4/h2*4-10,12,14-15,32H,3,13H2,1-2H3;(H2,1,2,3,4)/t2*15-,24+;/m00./s1. The Morgan fingerprint density at radius 3 is 1.30 bits per heavy atom. The first-order valence-corrected chi connectivity index (χ1v) is 24.6. The molecular formula is C48H44F4N10O6S3. The molecule has 4 atom stereocenters. The second-order valence-corrected chi connectivity index (χ2v) is 18.6. The van der Waals surface area contributed by atoms with Gasteiger partial charge in [-0.3, -0.25) is 9.11 Å². The maximum Gasteiger partial charge on any atom is 0.394 e. The molecule has 0 spiro atoms. The Bertz CT molecular complexity index is 3090. The Morgan fingerprint density at radius 2 is 0.986 bits per heavy atom. The number of thiazole rings is 2. The quantitative estimate of drug-likeness (QED) is 0.0586. The molecule has 0 unspecified atom stereocenters. The SMILES string of the molecule is CCc1ncn(C[C@](O)(c2cc(F)ccc2F)[C@@H](C)c2nc(-c3ccc(C#N)cc3)cs2)n1.CCc1ncn(C[C@](O)(c2cc(F)ccc2F)[C@@H](C)c2nc(-c3ccc(C#N)cc3)cs2)n1.O=S(=O)(O)O. The van der Waals surface area contributed by atoms with Crippen LogP contribution in [0, 0.1) is 45.9 Å². The zero-order valence-corrected chi connectivity index (χ0v) is 40.6. The highest BCUT2D eigenvalue weighted by Gasteiger charge is 2.43. The summed E-state index contributed by atoms with van der Waals surface area (Å²) in [6, 6.07) is 24.2. The van der Waals surface area contributed by atoms with E-state index in [0.717, 1.165) is 47.5 Å². The highest BCUT2D eigenvalue weighted by molar-refractivity contribution is 7.79. The minimum atomic E-state index is -4.67. The molecule has 0 aliphatic heterocycles. The summed E-state index contributed by atoms with van der Waals surface area (Å²) in [5, 5.41) is 55.1. The number of halogens is 4. The molecule has 4 aromatic heterocycles. The average Bonchev–Trinajstić information content (AvgIpc) is 4.21. The minimum Gasteiger partial charge on any atom is -0.382 e.